The second-order valence-corrected chi connectivity index (χ2v) is 15.6. The number of rotatable bonds is 13. The van der Waals surface area contributed by atoms with Gasteiger partial charge in [-0.05, 0) is 34.8 Å². The maximum atomic E-state index is 14.1. The lowest BCUT2D eigenvalue weighted by molar-refractivity contribution is -0.149. The molecular weight excluding hydrogens is 480 g/mol. The van der Waals surface area contributed by atoms with E-state index in [9.17, 15) is 9.90 Å². The number of aliphatic hydroxyl groups is 1. The predicted molar refractivity (Wildman–Crippen MR) is 150 cm³/mol. The fraction of sp³-hybridized carbons (Fsp3) is 0.387. The summed E-state index contributed by atoms with van der Waals surface area (Å²) < 4.78 is 18.7. The topological polar surface area (TPSA) is 65.0 Å². The van der Waals surface area contributed by atoms with Gasteiger partial charge in [-0.15, -0.1) is 0 Å². The van der Waals surface area contributed by atoms with Gasteiger partial charge in [0.1, 0.15) is 18.3 Å². The van der Waals surface area contributed by atoms with Gasteiger partial charge >= 0.3 is 0 Å². The predicted octanol–water partition coefficient (Wildman–Crippen LogP) is 6.48. The van der Waals surface area contributed by atoms with Crippen molar-refractivity contribution in [2.45, 2.75) is 70.4 Å². The van der Waals surface area contributed by atoms with Crippen molar-refractivity contribution >= 4 is 14.1 Å². The normalized spacial score (nSPS) is 14.6. The molecule has 3 aromatic carbocycles. The Labute approximate surface area is 222 Å². The maximum Gasteiger partial charge on any atom is 0.194 e. The molecule has 0 radical (unpaired) electrons. The molecule has 5 nitrogen and oxygen atoms in total. The number of hydrogen-bond donors (Lipinski definition) is 1. The highest BCUT2D eigenvalue weighted by molar-refractivity contribution is 6.74. The van der Waals surface area contributed by atoms with E-state index in [1.165, 1.54) is 0 Å². The highest BCUT2D eigenvalue weighted by Crippen LogP contribution is 2.39. The van der Waals surface area contributed by atoms with Gasteiger partial charge in [-0.1, -0.05) is 112 Å². The number of aliphatic hydroxyl groups excluding tert-OH is 1. The first-order valence-corrected chi connectivity index (χ1v) is 15.7. The molecule has 0 aliphatic rings. The second-order valence-electron chi connectivity index (χ2n) is 10.8. The molecule has 0 aromatic heterocycles. The summed E-state index contributed by atoms with van der Waals surface area (Å²) in [7, 11) is -2.42. The lowest BCUT2D eigenvalue weighted by Gasteiger charge is -2.40. The monoisotopic (exact) mass is 520 g/mol. The summed E-state index contributed by atoms with van der Waals surface area (Å²) in [5.74, 6) is -0.315. The molecule has 0 saturated heterocycles. The Balaban J connectivity index is 1.86. The van der Waals surface area contributed by atoms with Crippen LogP contribution in [0.4, 0.5) is 0 Å². The molecule has 0 fully saturated rings. The molecule has 6 heteroatoms. The van der Waals surface area contributed by atoms with Crippen LogP contribution in [0.25, 0.3) is 0 Å². The zero-order valence-electron chi connectivity index (χ0n) is 22.6. The van der Waals surface area contributed by atoms with E-state index in [0.717, 1.165) is 11.1 Å². The molecule has 0 aliphatic carbocycles. The van der Waals surface area contributed by atoms with Crippen LogP contribution in [0.15, 0.2) is 91.0 Å². The second kappa shape index (κ2) is 13.3. The van der Waals surface area contributed by atoms with Crippen LogP contribution in [0.5, 0.6) is 0 Å². The summed E-state index contributed by atoms with van der Waals surface area (Å²) in [6, 6.07) is 28.7. The van der Waals surface area contributed by atoms with Crippen LogP contribution >= 0.6 is 0 Å². The van der Waals surface area contributed by atoms with E-state index >= 15 is 0 Å². The Morgan fingerprint density at radius 3 is 1.81 bits per heavy atom. The van der Waals surface area contributed by atoms with Crippen molar-refractivity contribution < 1.29 is 23.8 Å². The number of carbonyl (C=O) groups is 1. The largest absolute Gasteiger partial charge is 0.404 e. The van der Waals surface area contributed by atoms with Crippen LogP contribution in [0.1, 0.15) is 43.6 Å². The molecule has 0 aliphatic heterocycles. The fourth-order valence-corrected chi connectivity index (χ4v) is 4.86. The summed E-state index contributed by atoms with van der Waals surface area (Å²) in [5, 5.41) is 11.3. The van der Waals surface area contributed by atoms with Crippen LogP contribution in [0, 0.1) is 0 Å². The van der Waals surface area contributed by atoms with Gasteiger partial charge in [0.05, 0.1) is 19.8 Å². The van der Waals surface area contributed by atoms with E-state index in [1.807, 2.05) is 91.0 Å². The van der Waals surface area contributed by atoms with Crippen molar-refractivity contribution in [3.63, 3.8) is 0 Å². The van der Waals surface area contributed by atoms with E-state index in [0.29, 0.717) is 12.2 Å². The highest BCUT2D eigenvalue weighted by Gasteiger charge is 2.44. The molecule has 0 spiro atoms. The van der Waals surface area contributed by atoms with Crippen LogP contribution in [-0.2, 0) is 31.9 Å². The minimum absolute atomic E-state index is 0.0550. The Morgan fingerprint density at radius 1 is 0.811 bits per heavy atom. The van der Waals surface area contributed by atoms with Crippen LogP contribution in [0.2, 0.25) is 18.1 Å². The maximum absolute atomic E-state index is 14.1. The van der Waals surface area contributed by atoms with Crippen molar-refractivity contribution in [1.29, 1.82) is 0 Å². The summed E-state index contributed by atoms with van der Waals surface area (Å²) in [6.07, 6.45) is -3.11. The first-order valence-electron chi connectivity index (χ1n) is 12.8. The minimum atomic E-state index is -2.42. The van der Waals surface area contributed by atoms with Crippen molar-refractivity contribution in [2.75, 3.05) is 6.61 Å². The molecule has 0 unspecified atom stereocenters. The third-order valence-electron chi connectivity index (χ3n) is 6.93. The Bertz CT molecular complexity index is 1080. The number of carbonyl (C=O) groups excluding carboxylic acids is 1. The van der Waals surface area contributed by atoms with Gasteiger partial charge in [-0.3, -0.25) is 4.79 Å². The third-order valence-corrected chi connectivity index (χ3v) is 11.4. The average Bonchev–Trinajstić information content (AvgIpc) is 2.89. The van der Waals surface area contributed by atoms with Gasteiger partial charge in [0, 0.05) is 0 Å². The van der Waals surface area contributed by atoms with E-state index < -0.39 is 26.6 Å². The van der Waals surface area contributed by atoms with Crippen LogP contribution < -0.4 is 0 Å². The number of ether oxygens (including phenoxy) is 2. The fourth-order valence-electron chi connectivity index (χ4n) is 3.62. The van der Waals surface area contributed by atoms with E-state index in [-0.39, 0.29) is 24.0 Å². The molecule has 3 atom stereocenters. The smallest absolute Gasteiger partial charge is 0.194 e. The summed E-state index contributed by atoms with van der Waals surface area (Å²) in [5.41, 5.74) is 2.59. The number of hydrogen-bond acceptors (Lipinski definition) is 5. The van der Waals surface area contributed by atoms with Crippen molar-refractivity contribution in [3.8, 4) is 0 Å². The van der Waals surface area contributed by atoms with Crippen molar-refractivity contribution in [3.05, 3.63) is 108 Å². The third kappa shape index (κ3) is 8.45. The average molecular weight is 521 g/mol. The number of Topliss-reactive ketones (excluding diaryl/α,β-unsaturated/α-hetero) is 1. The number of ketones is 1. The van der Waals surface area contributed by atoms with Gasteiger partial charge in [0.2, 0.25) is 0 Å². The Kier molecular flexibility index (Phi) is 10.4. The van der Waals surface area contributed by atoms with E-state index in [4.69, 9.17) is 13.9 Å². The summed E-state index contributed by atoms with van der Waals surface area (Å²) >= 11 is 0. The summed E-state index contributed by atoms with van der Waals surface area (Å²) in [6.45, 7) is 11.2. The highest BCUT2D eigenvalue weighted by atomic mass is 28.4. The lowest BCUT2D eigenvalue weighted by Crippen LogP contribution is -2.51. The van der Waals surface area contributed by atoms with Gasteiger partial charge in [-0.25, -0.2) is 0 Å². The van der Waals surface area contributed by atoms with Gasteiger partial charge < -0.3 is 19.0 Å². The molecule has 0 bridgehead atoms. The Hall–Kier alpha value is -2.61. The molecular formula is C31H40O5Si. The molecule has 37 heavy (non-hydrogen) atoms. The number of benzene rings is 3. The molecule has 0 amide bonds. The molecule has 0 saturated carbocycles. The van der Waals surface area contributed by atoms with E-state index in [1.54, 1.807) is 0 Å². The SMILES string of the molecule is CC(C)(C)[Si](C)(C)O[C@@H](C(=O)[C@H](COCc1ccccc1)OCc1ccccc1)[C@@H](O)c1ccccc1. The molecule has 1 N–H and O–H groups in total. The minimum Gasteiger partial charge on any atom is -0.404 e. The van der Waals surface area contributed by atoms with Crippen LogP contribution in [0.3, 0.4) is 0 Å². The Morgan fingerprint density at radius 2 is 1.30 bits per heavy atom. The summed E-state index contributed by atoms with van der Waals surface area (Å²) in [4.78, 5) is 14.1. The molecule has 198 valence electrons. The zero-order chi connectivity index (χ0) is 26.9. The van der Waals surface area contributed by atoms with E-state index in [2.05, 4.69) is 33.9 Å². The lowest BCUT2D eigenvalue weighted by atomic mass is 9.99. The molecule has 3 rings (SSSR count). The quantitative estimate of drug-likeness (QED) is 0.261. The molecule has 0 heterocycles. The van der Waals surface area contributed by atoms with Crippen molar-refractivity contribution in [2.24, 2.45) is 0 Å². The van der Waals surface area contributed by atoms with Gasteiger partial charge in [0.25, 0.3) is 0 Å². The molecule has 3 aromatic rings. The van der Waals surface area contributed by atoms with Gasteiger partial charge in [0.15, 0.2) is 14.1 Å². The zero-order valence-corrected chi connectivity index (χ0v) is 23.6. The van der Waals surface area contributed by atoms with Crippen LogP contribution in [-0.4, -0.2) is 38.0 Å². The van der Waals surface area contributed by atoms with Crippen molar-refractivity contribution in [1.82, 2.24) is 0 Å². The first kappa shape index (κ1) is 29.0. The van der Waals surface area contributed by atoms with Gasteiger partial charge in [-0.2, -0.15) is 0 Å². The standard InChI is InChI=1S/C31H40O5Si/c1-31(2,3)37(4,5)36-30(28(32)26-19-13-8-14-20-26)29(33)27(35-22-25-17-11-7-12-18-25)23-34-21-24-15-9-6-10-16-24/h6-20,27-28,30,32H,21-23H2,1-5H3/t27-,28-,30+/m0/s1. The first-order chi connectivity index (χ1) is 17.6.